The summed E-state index contributed by atoms with van der Waals surface area (Å²) >= 11 is 0. The molecule has 3 nitrogen and oxygen atoms in total. The lowest BCUT2D eigenvalue weighted by Crippen LogP contribution is -2.32. The normalized spacial score (nSPS) is 14.8. The van der Waals surface area contributed by atoms with Gasteiger partial charge >= 0.3 is 6.36 Å². The Bertz CT molecular complexity index is 424. The predicted octanol–water partition coefficient (Wildman–Crippen LogP) is 4.05. The highest BCUT2D eigenvalue weighted by Crippen LogP contribution is 2.27. The summed E-state index contributed by atoms with van der Waals surface area (Å²) in [6.07, 6.45) is -3.91. The molecule has 0 amide bonds. The van der Waals surface area contributed by atoms with Crippen molar-refractivity contribution in [3.8, 4) is 5.75 Å². The Morgan fingerprint density at radius 3 is 2.52 bits per heavy atom. The summed E-state index contributed by atoms with van der Waals surface area (Å²) in [6, 6.07) is 5.83. The first-order valence-electron chi connectivity index (χ1n) is 7.08. The van der Waals surface area contributed by atoms with E-state index in [4.69, 9.17) is 4.74 Å². The smallest absolute Gasteiger partial charge is 0.406 e. The van der Waals surface area contributed by atoms with Crippen LogP contribution >= 0.6 is 0 Å². The van der Waals surface area contributed by atoms with Crippen molar-refractivity contribution in [1.29, 1.82) is 0 Å². The first-order valence-corrected chi connectivity index (χ1v) is 7.08. The van der Waals surface area contributed by atoms with Gasteiger partial charge in [0.05, 0.1) is 12.1 Å². The fraction of sp³-hybridized carbons (Fsp3) is 0.600. The van der Waals surface area contributed by atoms with E-state index >= 15 is 0 Å². The van der Waals surface area contributed by atoms with Gasteiger partial charge in [-0.15, -0.1) is 13.2 Å². The van der Waals surface area contributed by atoms with E-state index in [1.165, 1.54) is 12.1 Å². The van der Waals surface area contributed by atoms with E-state index in [9.17, 15) is 13.2 Å². The number of hydrogen-bond acceptors (Lipinski definition) is 3. The second-order valence-corrected chi connectivity index (χ2v) is 4.71. The van der Waals surface area contributed by atoms with Crippen molar-refractivity contribution in [2.24, 2.45) is 0 Å². The molecule has 1 rings (SSSR count). The summed E-state index contributed by atoms with van der Waals surface area (Å²) in [5.74, 6) is -0.216. The Kier molecular flexibility index (Phi) is 6.98. The molecule has 0 bridgehead atoms. The predicted molar refractivity (Wildman–Crippen MR) is 75.2 cm³/mol. The molecular formula is C15H22F3NO2. The summed E-state index contributed by atoms with van der Waals surface area (Å²) in [5, 5.41) is 3.30. The highest BCUT2D eigenvalue weighted by molar-refractivity contribution is 5.31. The zero-order chi connectivity index (χ0) is 15.9. The minimum absolute atomic E-state index is 0.150. The van der Waals surface area contributed by atoms with Crippen LogP contribution in [0, 0.1) is 0 Å². The fourth-order valence-electron chi connectivity index (χ4n) is 2.12. The van der Waals surface area contributed by atoms with Crippen LogP contribution < -0.4 is 10.1 Å². The Labute approximate surface area is 123 Å². The lowest BCUT2D eigenvalue weighted by atomic mass is 10.0. The standard InChI is InChI=1S/C15H22F3NO2/c1-4-9-19-14(11(3)20-5-2)12-7-6-8-13(10-12)21-15(16,17)18/h6-8,10-11,14,19H,4-5,9H2,1-3H3. The van der Waals surface area contributed by atoms with Crippen molar-refractivity contribution < 1.29 is 22.6 Å². The zero-order valence-electron chi connectivity index (χ0n) is 12.5. The van der Waals surface area contributed by atoms with Gasteiger partial charge in [-0.1, -0.05) is 19.1 Å². The van der Waals surface area contributed by atoms with Gasteiger partial charge in [0.15, 0.2) is 0 Å². The average molecular weight is 305 g/mol. The van der Waals surface area contributed by atoms with Crippen molar-refractivity contribution in [3.63, 3.8) is 0 Å². The molecule has 120 valence electrons. The Morgan fingerprint density at radius 1 is 1.24 bits per heavy atom. The van der Waals surface area contributed by atoms with Crippen LogP contribution in [0.1, 0.15) is 38.8 Å². The van der Waals surface area contributed by atoms with Gasteiger partial charge in [0.25, 0.3) is 0 Å². The van der Waals surface area contributed by atoms with E-state index in [0.717, 1.165) is 13.0 Å². The molecule has 0 saturated carbocycles. The third-order valence-corrected chi connectivity index (χ3v) is 2.96. The van der Waals surface area contributed by atoms with E-state index < -0.39 is 6.36 Å². The Balaban J connectivity index is 2.93. The minimum atomic E-state index is -4.68. The molecule has 0 aliphatic rings. The van der Waals surface area contributed by atoms with Crippen LogP contribution in [0.5, 0.6) is 5.75 Å². The zero-order valence-corrected chi connectivity index (χ0v) is 12.5. The number of nitrogens with one attached hydrogen (secondary N) is 1. The molecule has 0 saturated heterocycles. The molecule has 0 radical (unpaired) electrons. The highest BCUT2D eigenvalue weighted by atomic mass is 19.4. The molecular weight excluding hydrogens is 283 g/mol. The maximum atomic E-state index is 12.3. The average Bonchev–Trinajstić information content (AvgIpc) is 2.38. The SMILES string of the molecule is CCCNC(c1cccc(OC(F)(F)F)c1)C(C)OCC. The summed E-state index contributed by atoms with van der Waals surface area (Å²) in [7, 11) is 0. The molecule has 0 aliphatic heterocycles. The van der Waals surface area contributed by atoms with Gasteiger partial charge in [-0.25, -0.2) is 0 Å². The molecule has 2 unspecified atom stereocenters. The largest absolute Gasteiger partial charge is 0.573 e. The number of alkyl halides is 3. The van der Waals surface area contributed by atoms with Gasteiger partial charge in [-0.2, -0.15) is 0 Å². The van der Waals surface area contributed by atoms with E-state index in [1.54, 1.807) is 12.1 Å². The second kappa shape index (κ2) is 8.24. The molecule has 0 aromatic heterocycles. The lowest BCUT2D eigenvalue weighted by molar-refractivity contribution is -0.274. The first-order chi connectivity index (χ1) is 9.87. The van der Waals surface area contributed by atoms with E-state index in [2.05, 4.69) is 10.1 Å². The number of halogens is 3. The highest BCUT2D eigenvalue weighted by Gasteiger charge is 2.31. The third kappa shape index (κ3) is 6.35. The molecule has 0 aliphatic carbocycles. The van der Waals surface area contributed by atoms with Crippen LogP contribution in [0.3, 0.4) is 0 Å². The van der Waals surface area contributed by atoms with Gasteiger partial charge in [-0.05, 0) is 44.5 Å². The summed E-state index contributed by atoms with van der Waals surface area (Å²) in [6.45, 7) is 7.11. The molecule has 1 aromatic carbocycles. The molecule has 2 atom stereocenters. The monoisotopic (exact) mass is 305 g/mol. The van der Waals surface area contributed by atoms with Crippen molar-refractivity contribution in [3.05, 3.63) is 29.8 Å². The minimum Gasteiger partial charge on any atom is -0.406 e. The van der Waals surface area contributed by atoms with Crippen LogP contribution in [0.25, 0.3) is 0 Å². The molecule has 0 heterocycles. The molecule has 1 aromatic rings. The second-order valence-electron chi connectivity index (χ2n) is 4.71. The Morgan fingerprint density at radius 2 is 1.95 bits per heavy atom. The molecule has 0 fully saturated rings. The number of rotatable bonds is 8. The van der Waals surface area contributed by atoms with E-state index in [0.29, 0.717) is 12.2 Å². The fourth-order valence-corrected chi connectivity index (χ4v) is 2.12. The summed E-state index contributed by atoms with van der Waals surface area (Å²) < 4.78 is 46.4. The lowest BCUT2D eigenvalue weighted by Gasteiger charge is -2.26. The summed E-state index contributed by atoms with van der Waals surface area (Å²) in [4.78, 5) is 0. The molecule has 0 spiro atoms. The number of ether oxygens (including phenoxy) is 2. The van der Waals surface area contributed by atoms with Crippen LogP contribution in [0.15, 0.2) is 24.3 Å². The van der Waals surface area contributed by atoms with Crippen molar-refractivity contribution in [2.75, 3.05) is 13.2 Å². The van der Waals surface area contributed by atoms with E-state index in [-0.39, 0.29) is 17.9 Å². The summed E-state index contributed by atoms with van der Waals surface area (Å²) in [5.41, 5.74) is 0.714. The van der Waals surface area contributed by atoms with Crippen LogP contribution in [0.4, 0.5) is 13.2 Å². The number of benzene rings is 1. The van der Waals surface area contributed by atoms with Crippen LogP contribution in [-0.2, 0) is 4.74 Å². The van der Waals surface area contributed by atoms with Crippen molar-refractivity contribution in [1.82, 2.24) is 5.32 Å². The third-order valence-electron chi connectivity index (χ3n) is 2.96. The molecule has 21 heavy (non-hydrogen) atoms. The van der Waals surface area contributed by atoms with Gasteiger partial charge < -0.3 is 14.8 Å². The van der Waals surface area contributed by atoms with Gasteiger partial charge in [0, 0.05) is 6.61 Å². The number of hydrogen-bond donors (Lipinski definition) is 1. The van der Waals surface area contributed by atoms with Crippen LogP contribution in [0.2, 0.25) is 0 Å². The topological polar surface area (TPSA) is 30.5 Å². The van der Waals surface area contributed by atoms with Crippen LogP contribution in [-0.4, -0.2) is 25.6 Å². The maximum Gasteiger partial charge on any atom is 0.573 e. The van der Waals surface area contributed by atoms with Gasteiger partial charge in [0.1, 0.15) is 5.75 Å². The molecule has 6 heteroatoms. The van der Waals surface area contributed by atoms with Crippen molar-refractivity contribution in [2.45, 2.75) is 45.7 Å². The van der Waals surface area contributed by atoms with Gasteiger partial charge in [0.2, 0.25) is 0 Å². The maximum absolute atomic E-state index is 12.3. The van der Waals surface area contributed by atoms with E-state index in [1.807, 2.05) is 20.8 Å². The quantitative estimate of drug-likeness (QED) is 0.786. The Hall–Kier alpha value is -1.27. The van der Waals surface area contributed by atoms with Gasteiger partial charge in [-0.3, -0.25) is 0 Å². The van der Waals surface area contributed by atoms with Crippen molar-refractivity contribution >= 4 is 0 Å². The molecule has 1 N–H and O–H groups in total. The first kappa shape index (κ1) is 17.8.